The van der Waals surface area contributed by atoms with Crippen molar-refractivity contribution < 1.29 is 9.53 Å². The predicted octanol–water partition coefficient (Wildman–Crippen LogP) is 5.21. The van der Waals surface area contributed by atoms with Crippen molar-refractivity contribution in [2.45, 2.75) is 25.4 Å². The molecule has 0 saturated heterocycles. The zero-order valence-electron chi connectivity index (χ0n) is 18.9. The number of hydrogen-bond acceptors (Lipinski definition) is 5. The molecule has 1 heterocycles. The number of ether oxygens (including phenoxy) is 1. The van der Waals surface area contributed by atoms with Gasteiger partial charge in [-0.05, 0) is 43.2 Å². The van der Waals surface area contributed by atoms with Crippen LogP contribution in [-0.4, -0.2) is 33.5 Å². The molecule has 7 heteroatoms. The quantitative estimate of drug-likeness (QED) is 0.367. The van der Waals surface area contributed by atoms with Crippen LogP contribution in [0, 0.1) is 13.8 Å². The molecule has 0 aliphatic carbocycles. The molecule has 0 bridgehead atoms. The molecule has 0 radical (unpaired) electrons. The average molecular weight is 459 g/mol. The van der Waals surface area contributed by atoms with Crippen molar-refractivity contribution in [2.24, 2.45) is 0 Å². The van der Waals surface area contributed by atoms with Gasteiger partial charge in [-0.3, -0.25) is 9.36 Å². The first-order valence-electron chi connectivity index (χ1n) is 10.7. The molecule has 0 unspecified atom stereocenters. The SMILES string of the molecule is COc1ccccc1NC(=O)CSc1nnc(Cc2ccccc2)n1-c1ccc(C)cc1C. The van der Waals surface area contributed by atoms with E-state index in [1.54, 1.807) is 7.11 Å². The highest BCUT2D eigenvalue weighted by atomic mass is 32.2. The summed E-state index contributed by atoms with van der Waals surface area (Å²) in [5.41, 5.74) is 5.14. The Labute approximate surface area is 198 Å². The fourth-order valence-electron chi connectivity index (χ4n) is 3.65. The first kappa shape index (κ1) is 22.6. The number of aryl methyl sites for hydroxylation is 2. The normalized spacial score (nSPS) is 10.8. The van der Waals surface area contributed by atoms with E-state index >= 15 is 0 Å². The molecule has 0 fully saturated rings. The van der Waals surface area contributed by atoms with Crippen LogP contribution in [0.4, 0.5) is 5.69 Å². The molecular formula is C26H26N4O2S. The number of benzene rings is 3. The summed E-state index contributed by atoms with van der Waals surface area (Å²) in [6.45, 7) is 4.16. The number of para-hydroxylation sites is 2. The van der Waals surface area contributed by atoms with Gasteiger partial charge in [0, 0.05) is 6.42 Å². The molecule has 33 heavy (non-hydrogen) atoms. The lowest BCUT2D eigenvalue weighted by molar-refractivity contribution is -0.113. The van der Waals surface area contributed by atoms with Gasteiger partial charge in [0.15, 0.2) is 5.16 Å². The van der Waals surface area contributed by atoms with E-state index < -0.39 is 0 Å². The second-order valence-electron chi connectivity index (χ2n) is 7.72. The maximum atomic E-state index is 12.7. The van der Waals surface area contributed by atoms with Crippen molar-refractivity contribution in [1.29, 1.82) is 0 Å². The number of thioether (sulfide) groups is 1. The lowest BCUT2D eigenvalue weighted by Gasteiger charge is -2.14. The van der Waals surface area contributed by atoms with Crippen molar-refractivity contribution in [3.8, 4) is 11.4 Å². The van der Waals surface area contributed by atoms with Crippen LogP contribution in [0.5, 0.6) is 5.75 Å². The number of hydrogen-bond donors (Lipinski definition) is 1. The van der Waals surface area contributed by atoms with Gasteiger partial charge in [0.05, 0.1) is 24.2 Å². The molecule has 4 rings (SSSR count). The topological polar surface area (TPSA) is 69.0 Å². The van der Waals surface area contributed by atoms with E-state index in [1.165, 1.54) is 17.3 Å². The fraction of sp³-hybridized carbons (Fsp3) is 0.192. The van der Waals surface area contributed by atoms with Crippen LogP contribution in [0.2, 0.25) is 0 Å². The molecule has 0 atom stereocenters. The minimum absolute atomic E-state index is 0.135. The predicted molar refractivity (Wildman–Crippen MR) is 132 cm³/mol. The van der Waals surface area contributed by atoms with Crippen molar-refractivity contribution >= 4 is 23.4 Å². The van der Waals surface area contributed by atoms with Gasteiger partial charge in [-0.2, -0.15) is 0 Å². The van der Waals surface area contributed by atoms with Gasteiger partial charge in [-0.15, -0.1) is 10.2 Å². The van der Waals surface area contributed by atoms with Gasteiger partial charge >= 0.3 is 0 Å². The Morgan fingerprint density at radius 1 is 1.00 bits per heavy atom. The van der Waals surface area contributed by atoms with Gasteiger partial charge in [0.2, 0.25) is 5.91 Å². The summed E-state index contributed by atoms with van der Waals surface area (Å²) in [6, 6.07) is 23.9. The number of aromatic nitrogens is 3. The Morgan fingerprint density at radius 3 is 2.52 bits per heavy atom. The Kier molecular flexibility index (Phi) is 7.10. The molecular weight excluding hydrogens is 432 g/mol. The standard InChI is InChI=1S/C26H26N4O2S/c1-18-13-14-22(19(2)15-18)30-24(16-20-9-5-4-6-10-20)28-29-26(30)33-17-25(31)27-21-11-7-8-12-23(21)32-3/h4-15H,16-17H2,1-3H3,(H,27,31). The number of methoxy groups -OCH3 is 1. The molecule has 1 N–H and O–H groups in total. The molecule has 1 amide bonds. The van der Waals surface area contributed by atoms with Crippen LogP contribution in [0.25, 0.3) is 5.69 Å². The molecule has 1 aromatic heterocycles. The van der Waals surface area contributed by atoms with Gasteiger partial charge in [0.1, 0.15) is 11.6 Å². The summed E-state index contributed by atoms with van der Waals surface area (Å²) in [7, 11) is 1.58. The number of amides is 1. The Balaban J connectivity index is 1.59. The molecule has 0 saturated carbocycles. The van der Waals surface area contributed by atoms with E-state index in [0.29, 0.717) is 23.0 Å². The zero-order valence-corrected chi connectivity index (χ0v) is 19.7. The summed E-state index contributed by atoms with van der Waals surface area (Å²) in [6.07, 6.45) is 0.648. The monoisotopic (exact) mass is 458 g/mol. The van der Waals surface area contributed by atoms with Gasteiger partial charge in [0.25, 0.3) is 0 Å². The van der Waals surface area contributed by atoms with E-state index in [4.69, 9.17) is 4.74 Å². The second kappa shape index (κ2) is 10.4. The largest absolute Gasteiger partial charge is 0.495 e. The molecule has 0 spiro atoms. The van der Waals surface area contributed by atoms with E-state index in [2.05, 4.69) is 64.3 Å². The van der Waals surface area contributed by atoms with Crippen molar-refractivity contribution in [3.63, 3.8) is 0 Å². The van der Waals surface area contributed by atoms with Crippen molar-refractivity contribution in [2.75, 3.05) is 18.2 Å². The van der Waals surface area contributed by atoms with Gasteiger partial charge in [-0.1, -0.05) is 71.9 Å². The second-order valence-corrected chi connectivity index (χ2v) is 8.67. The lowest BCUT2D eigenvalue weighted by Crippen LogP contribution is -2.15. The minimum Gasteiger partial charge on any atom is -0.495 e. The Bertz CT molecular complexity index is 1250. The first-order chi connectivity index (χ1) is 16.0. The third-order valence-corrected chi connectivity index (χ3v) is 6.14. The number of rotatable bonds is 8. The van der Waals surface area contributed by atoms with Crippen LogP contribution in [-0.2, 0) is 11.2 Å². The summed E-state index contributed by atoms with van der Waals surface area (Å²) in [4.78, 5) is 12.7. The third kappa shape index (κ3) is 5.43. The number of nitrogens with zero attached hydrogens (tertiary/aromatic N) is 3. The van der Waals surface area contributed by atoms with E-state index in [0.717, 1.165) is 22.6 Å². The number of carbonyl (C=O) groups is 1. The van der Waals surface area contributed by atoms with Crippen LogP contribution in [0.15, 0.2) is 78.0 Å². The number of carbonyl (C=O) groups excluding carboxylic acids is 1. The molecule has 0 aliphatic rings. The van der Waals surface area contributed by atoms with Crippen LogP contribution < -0.4 is 10.1 Å². The lowest BCUT2D eigenvalue weighted by atomic mass is 10.1. The van der Waals surface area contributed by atoms with E-state index in [-0.39, 0.29) is 11.7 Å². The summed E-state index contributed by atoms with van der Waals surface area (Å²) >= 11 is 1.36. The van der Waals surface area contributed by atoms with Gasteiger partial charge in [-0.25, -0.2) is 0 Å². The van der Waals surface area contributed by atoms with Crippen LogP contribution >= 0.6 is 11.8 Å². The molecule has 3 aromatic carbocycles. The first-order valence-corrected chi connectivity index (χ1v) is 11.6. The van der Waals surface area contributed by atoms with Gasteiger partial charge < -0.3 is 10.1 Å². The fourth-order valence-corrected chi connectivity index (χ4v) is 4.41. The minimum atomic E-state index is -0.135. The third-order valence-electron chi connectivity index (χ3n) is 5.21. The summed E-state index contributed by atoms with van der Waals surface area (Å²) in [5, 5.41) is 12.5. The molecule has 4 aromatic rings. The zero-order chi connectivity index (χ0) is 23.2. The van der Waals surface area contributed by atoms with Crippen LogP contribution in [0.3, 0.4) is 0 Å². The maximum Gasteiger partial charge on any atom is 0.234 e. The maximum absolute atomic E-state index is 12.7. The smallest absolute Gasteiger partial charge is 0.234 e. The molecule has 168 valence electrons. The summed E-state index contributed by atoms with van der Waals surface area (Å²) < 4.78 is 7.38. The highest BCUT2D eigenvalue weighted by Gasteiger charge is 2.18. The van der Waals surface area contributed by atoms with Crippen molar-refractivity contribution in [1.82, 2.24) is 14.8 Å². The Morgan fingerprint density at radius 2 is 1.76 bits per heavy atom. The molecule has 6 nitrogen and oxygen atoms in total. The van der Waals surface area contributed by atoms with Crippen molar-refractivity contribution in [3.05, 3.63) is 95.3 Å². The average Bonchev–Trinajstić information content (AvgIpc) is 3.21. The van der Waals surface area contributed by atoms with E-state index in [1.807, 2.05) is 42.5 Å². The highest BCUT2D eigenvalue weighted by Crippen LogP contribution is 2.27. The molecule has 0 aliphatic heterocycles. The number of anilines is 1. The van der Waals surface area contributed by atoms with Crippen LogP contribution in [0.1, 0.15) is 22.5 Å². The highest BCUT2D eigenvalue weighted by molar-refractivity contribution is 7.99. The number of nitrogens with one attached hydrogen (secondary N) is 1. The Hall–Kier alpha value is -3.58. The van der Waals surface area contributed by atoms with E-state index in [9.17, 15) is 4.79 Å². The summed E-state index contributed by atoms with van der Waals surface area (Å²) in [5.74, 6) is 1.52.